The van der Waals surface area contributed by atoms with Gasteiger partial charge in [-0.05, 0) is 22.6 Å². The lowest BCUT2D eigenvalue weighted by Crippen LogP contribution is -2.12. The fourth-order valence-electron chi connectivity index (χ4n) is 1.19. The minimum atomic E-state index is -2.73. The van der Waals surface area contributed by atoms with E-state index in [4.69, 9.17) is 0 Å². The Balaban J connectivity index is 3.48. The molecule has 7 heteroatoms. The number of carbonyl (C=O) groups excluding carboxylic acids is 1. The smallest absolute Gasteiger partial charge is 0.340 e. The van der Waals surface area contributed by atoms with E-state index in [1.54, 1.807) is 22.6 Å². The van der Waals surface area contributed by atoms with E-state index in [2.05, 4.69) is 25.7 Å². The molecule has 0 unspecified atom stereocenters. The molecule has 1 aromatic heterocycles. The number of esters is 1. The third kappa shape index (κ3) is 2.68. The number of halogens is 4. The number of carbonyl (C=O) groups is 1. The molecule has 88 valence electrons. The molecule has 0 saturated heterocycles. The Labute approximate surface area is 113 Å². The molecule has 0 N–H and O–H groups in total. The van der Waals surface area contributed by atoms with E-state index in [0.29, 0.717) is 0 Å². The number of hydrogen-bond donors (Lipinski definition) is 0. The van der Waals surface area contributed by atoms with Crippen molar-refractivity contribution in [3.05, 3.63) is 26.6 Å². The number of rotatable bonds is 3. The number of alkyl halides is 3. The zero-order valence-corrected chi connectivity index (χ0v) is 11.9. The van der Waals surface area contributed by atoms with Crippen LogP contribution in [0.2, 0.25) is 0 Å². The molecule has 0 aliphatic rings. The number of pyridine rings is 1. The predicted octanol–water partition coefficient (Wildman–Crippen LogP) is 3.31. The van der Waals surface area contributed by atoms with Crippen LogP contribution in [0.1, 0.15) is 28.0 Å². The Kier molecular flexibility index (Phi) is 5.03. The predicted molar refractivity (Wildman–Crippen MR) is 65.9 cm³/mol. The molecule has 1 aromatic rings. The van der Waals surface area contributed by atoms with Crippen molar-refractivity contribution in [3.63, 3.8) is 0 Å². The molecule has 1 rings (SSSR count). The minimum Gasteiger partial charge on any atom is -0.465 e. The van der Waals surface area contributed by atoms with Crippen molar-refractivity contribution in [2.45, 2.75) is 11.8 Å². The lowest BCUT2D eigenvalue weighted by Gasteiger charge is -2.12. The second-order valence-electron chi connectivity index (χ2n) is 2.77. The first kappa shape index (κ1) is 13.8. The molecule has 0 aromatic carbocycles. The number of aromatic nitrogens is 1. The lowest BCUT2D eigenvalue weighted by molar-refractivity contribution is 0.0587. The molecule has 0 amide bonds. The van der Waals surface area contributed by atoms with Gasteiger partial charge in [-0.2, -0.15) is 0 Å². The molecule has 1 heterocycles. The highest BCUT2D eigenvalue weighted by Crippen LogP contribution is 2.30. The number of methoxy groups -OCH3 is 1. The topological polar surface area (TPSA) is 39.2 Å². The Morgan fingerprint density at radius 1 is 1.69 bits per heavy atom. The second kappa shape index (κ2) is 5.85. The van der Waals surface area contributed by atoms with Gasteiger partial charge in [0.15, 0.2) is 0 Å². The van der Waals surface area contributed by atoms with Crippen LogP contribution in [0, 0.1) is 3.57 Å². The van der Waals surface area contributed by atoms with Crippen LogP contribution in [0.15, 0.2) is 6.20 Å². The second-order valence-corrected chi connectivity index (χ2v) is 4.49. The summed E-state index contributed by atoms with van der Waals surface area (Å²) < 4.78 is 30.4. The van der Waals surface area contributed by atoms with Crippen LogP contribution in [0.5, 0.6) is 0 Å². The molecule has 16 heavy (non-hydrogen) atoms. The van der Waals surface area contributed by atoms with Crippen molar-refractivity contribution in [2.24, 2.45) is 0 Å². The Bertz CT molecular complexity index is 415. The average Bonchev–Trinajstić information content (AvgIpc) is 2.27. The van der Waals surface area contributed by atoms with Crippen molar-refractivity contribution < 1.29 is 18.3 Å². The fourth-order valence-corrected chi connectivity index (χ4v) is 2.26. The van der Waals surface area contributed by atoms with Crippen molar-refractivity contribution in [2.75, 3.05) is 7.11 Å². The monoisotopic (exact) mass is 405 g/mol. The highest BCUT2D eigenvalue weighted by atomic mass is 127. The summed E-state index contributed by atoms with van der Waals surface area (Å²) in [5, 5.41) is 0.216. The zero-order chi connectivity index (χ0) is 12.3. The van der Waals surface area contributed by atoms with Gasteiger partial charge in [0.05, 0.1) is 18.4 Å². The first-order valence-electron chi connectivity index (χ1n) is 4.12. The zero-order valence-electron chi connectivity index (χ0n) is 8.14. The maximum absolute atomic E-state index is 12.8. The van der Waals surface area contributed by atoms with E-state index < -0.39 is 12.4 Å². The summed E-state index contributed by atoms with van der Waals surface area (Å²) in [4.78, 5) is 15.4. The lowest BCUT2D eigenvalue weighted by atomic mass is 10.1. The Morgan fingerprint density at radius 3 is 2.75 bits per heavy atom. The summed E-state index contributed by atoms with van der Waals surface area (Å²) in [6.45, 7) is 0. The van der Waals surface area contributed by atoms with E-state index in [1.807, 2.05) is 0 Å². The van der Waals surface area contributed by atoms with Gasteiger partial charge >= 0.3 is 5.97 Å². The van der Waals surface area contributed by atoms with Gasteiger partial charge in [0.2, 0.25) is 0 Å². The highest BCUT2D eigenvalue weighted by molar-refractivity contribution is 14.1. The normalized spacial score (nSPS) is 10.6. The summed E-state index contributed by atoms with van der Waals surface area (Å²) in [6, 6.07) is 0. The van der Waals surface area contributed by atoms with Crippen LogP contribution in [-0.2, 0) is 10.1 Å². The third-order valence-electron chi connectivity index (χ3n) is 1.88. The van der Waals surface area contributed by atoms with Gasteiger partial charge in [0.25, 0.3) is 6.43 Å². The maximum Gasteiger partial charge on any atom is 0.340 e. The van der Waals surface area contributed by atoms with Gasteiger partial charge in [0, 0.05) is 20.7 Å². The molecule has 0 bridgehead atoms. The first-order valence-corrected chi connectivity index (χ1v) is 6.32. The van der Waals surface area contributed by atoms with E-state index in [0.717, 1.165) is 7.11 Å². The van der Waals surface area contributed by atoms with Gasteiger partial charge in [-0.25, -0.2) is 13.6 Å². The minimum absolute atomic E-state index is 0.152. The van der Waals surface area contributed by atoms with Gasteiger partial charge < -0.3 is 4.74 Å². The van der Waals surface area contributed by atoms with Gasteiger partial charge in [-0.1, -0.05) is 15.9 Å². The van der Waals surface area contributed by atoms with Crippen molar-refractivity contribution >= 4 is 44.5 Å². The summed E-state index contributed by atoms with van der Waals surface area (Å²) in [5.41, 5.74) is -0.222. The summed E-state index contributed by atoms with van der Waals surface area (Å²) in [5.74, 6) is -0.796. The van der Waals surface area contributed by atoms with Crippen LogP contribution in [-0.4, -0.2) is 18.1 Å². The molecule has 3 nitrogen and oxygen atoms in total. The van der Waals surface area contributed by atoms with Crippen LogP contribution >= 0.6 is 38.5 Å². The molecule has 0 aliphatic heterocycles. The molecule has 0 radical (unpaired) electrons. The molecule has 0 aliphatic carbocycles. The van der Waals surface area contributed by atoms with Gasteiger partial charge in [-0.3, -0.25) is 4.98 Å². The number of ether oxygens (including phenoxy) is 1. The molecule has 0 saturated carbocycles. The summed E-state index contributed by atoms with van der Waals surface area (Å²) in [7, 11) is 1.15. The third-order valence-corrected chi connectivity index (χ3v) is 3.27. The average molecular weight is 406 g/mol. The van der Waals surface area contributed by atoms with Crippen molar-refractivity contribution in [3.8, 4) is 0 Å². The first-order chi connectivity index (χ1) is 7.52. The van der Waals surface area contributed by atoms with E-state index in [1.165, 1.54) is 6.20 Å². The van der Waals surface area contributed by atoms with Crippen molar-refractivity contribution in [1.82, 2.24) is 4.98 Å². The molecular weight excluding hydrogens is 399 g/mol. The van der Waals surface area contributed by atoms with E-state index in [9.17, 15) is 13.6 Å². The van der Waals surface area contributed by atoms with Crippen LogP contribution < -0.4 is 0 Å². The highest BCUT2D eigenvalue weighted by Gasteiger charge is 2.25. The number of hydrogen-bond acceptors (Lipinski definition) is 3. The van der Waals surface area contributed by atoms with Gasteiger partial charge in [0.1, 0.15) is 0 Å². The molecule has 0 spiro atoms. The molecule has 0 fully saturated rings. The standard InChI is InChI=1S/C9H7BrF2INO2/c1-16-9(15)7-5(2-10)14-3-4(13)6(7)8(11)12/h3,8H,2H2,1H3. The Morgan fingerprint density at radius 2 is 2.31 bits per heavy atom. The number of nitrogens with zero attached hydrogens (tertiary/aromatic N) is 1. The summed E-state index contributed by atoms with van der Waals surface area (Å²) in [6.07, 6.45) is -1.42. The van der Waals surface area contributed by atoms with Gasteiger partial charge in [-0.15, -0.1) is 0 Å². The maximum atomic E-state index is 12.8. The quantitative estimate of drug-likeness (QED) is 0.440. The van der Waals surface area contributed by atoms with Crippen LogP contribution in [0.3, 0.4) is 0 Å². The SMILES string of the molecule is COC(=O)c1c(CBr)ncc(I)c1C(F)F. The van der Waals surface area contributed by atoms with E-state index in [-0.39, 0.29) is 25.7 Å². The fraction of sp³-hybridized carbons (Fsp3) is 0.333. The molecule has 0 atom stereocenters. The molecular formula is C9H7BrF2INO2. The van der Waals surface area contributed by atoms with E-state index >= 15 is 0 Å². The van der Waals surface area contributed by atoms with Crippen LogP contribution in [0.4, 0.5) is 8.78 Å². The summed E-state index contributed by atoms with van der Waals surface area (Å²) >= 11 is 4.81. The van der Waals surface area contributed by atoms with Crippen molar-refractivity contribution in [1.29, 1.82) is 0 Å². The van der Waals surface area contributed by atoms with Crippen LogP contribution in [0.25, 0.3) is 0 Å². The Hall–Kier alpha value is -0.310. The largest absolute Gasteiger partial charge is 0.465 e.